The van der Waals surface area contributed by atoms with Crippen molar-refractivity contribution in [3.63, 3.8) is 0 Å². The molecular weight excluding hydrogens is 308 g/mol. The Kier molecular flexibility index (Phi) is 4.30. The molecule has 0 aliphatic carbocycles. The summed E-state index contributed by atoms with van der Waals surface area (Å²) in [6, 6.07) is 11.8. The van der Waals surface area contributed by atoms with E-state index in [9.17, 15) is 4.79 Å². The molecule has 0 fully saturated rings. The molecule has 1 amide bonds. The molecule has 0 aliphatic heterocycles. The van der Waals surface area contributed by atoms with E-state index in [2.05, 4.69) is 23.3 Å². The SMILES string of the molecule is Cc1ccc(OCC(=O)Nc2nc3cc(C)cc(C)c3s2)cc1. The van der Waals surface area contributed by atoms with Crippen molar-refractivity contribution in [3.8, 4) is 5.75 Å². The van der Waals surface area contributed by atoms with E-state index in [0.717, 1.165) is 15.8 Å². The van der Waals surface area contributed by atoms with Crippen LogP contribution in [0.2, 0.25) is 0 Å². The maximum atomic E-state index is 12.0. The van der Waals surface area contributed by atoms with Gasteiger partial charge in [-0.2, -0.15) is 0 Å². The Morgan fingerprint density at radius 3 is 2.61 bits per heavy atom. The average molecular weight is 326 g/mol. The average Bonchev–Trinajstić information content (AvgIpc) is 2.89. The summed E-state index contributed by atoms with van der Waals surface area (Å²) in [6.07, 6.45) is 0. The quantitative estimate of drug-likeness (QED) is 0.780. The highest BCUT2D eigenvalue weighted by molar-refractivity contribution is 7.22. The number of thiazole rings is 1. The van der Waals surface area contributed by atoms with Gasteiger partial charge in [-0.25, -0.2) is 4.98 Å². The van der Waals surface area contributed by atoms with E-state index in [0.29, 0.717) is 10.9 Å². The highest BCUT2D eigenvalue weighted by Gasteiger charge is 2.10. The number of anilines is 1. The predicted octanol–water partition coefficient (Wildman–Crippen LogP) is 4.24. The van der Waals surface area contributed by atoms with Gasteiger partial charge in [0.15, 0.2) is 11.7 Å². The number of carbonyl (C=O) groups is 1. The topological polar surface area (TPSA) is 51.2 Å². The van der Waals surface area contributed by atoms with Crippen LogP contribution in [0.3, 0.4) is 0 Å². The molecule has 1 heterocycles. The molecule has 118 valence electrons. The van der Waals surface area contributed by atoms with Crippen LogP contribution in [-0.4, -0.2) is 17.5 Å². The van der Waals surface area contributed by atoms with Crippen LogP contribution in [0, 0.1) is 20.8 Å². The van der Waals surface area contributed by atoms with Gasteiger partial charge in [0.05, 0.1) is 10.2 Å². The second-order valence-electron chi connectivity index (χ2n) is 5.60. The number of ether oxygens (including phenoxy) is 1. The number of nitrogens with one attached hydrogen (secondary N) is 1. The lowest BCUT2D eigenvalue weighted by Gasteiger charge is -2.05. The molecule has 1 aromatic heterocycles. The number of carbonyl (C=O) groups excluding carboxylic acids is 1. The summed E-state index contributed by atoms with van der Waals surface area (Å²) in [5, 5.41) is 3.41. The second kappa shape index (κ2) is 6.38. The predicted molar refractivity (Wildman–Crippen MR) is 94.4 cm³/mol. The summed E-state index contributed by atoms with van der Waals surface area (Å²) >= 11 is 1.49. The molecule has 0 bridgehead atoms. The summed E-state index contributed by atoms with van der Waals surface area (Å²) in [6.45, 7) is 6.07. The molecule has 0 spiro atoms. The Morgan fingerprint density at radius 1 is 1.13 bits per heavy atom. The van der Waals surface area contributed by atoms with E-state index in [1.807, 2.05) is 44.2 Å². The fourth-order valence-corrected chi connectivity index (χ4v) is 3.30. The third kappa shape index (κ3) is 3.68. The third-order valence-corrected chi connectivity index (χ3v) is 4.58. The molecule has 3 rings (SSSR count). The molecular formula is C18H18N2O2S. The Balaban J connectivity index is 1.65. The first-order valence-electron chi connectivity index (χ1n) is 7.38. The number of hydrogen-bond donors (Lipinski definition) is 1. The highest BCUT2D eigenvalue weighted by Crippen LogP contribution is 2.29. The maximum absolute atomic E-state index is 12.0. The van der Waals surface area contributed by atoms with E-state index < -0.39 is 0 Å². The smallest absolute Gasteiger partial charge is 0.264 e. The van der Waals surface area contributed by atoms with Gasteiger partial charge in [0.2, 0.25) is 0 Å². The van der Waals surface area contributed by atoms with Gasteiger partial charge in [0, 0.05) is 0 Å². The van der Waals surface area contributed by atoms with Crippen LogP contribution < -0.4 is 10.1 Å². The van der Waals surface area contributed by atoms with Crippen LogP contribution in [0.4, 0.5) is 5.13 Å². The minimum atomic E-state index is -0.209. The molecule has 5 heteroatoms. The van der Waals surface area contributed by atoms with Crippen molar-refractivity contribution in [2.75, 3.05) is 11.9 Å². The van der Waals surface area contributed by atoms with Gasteiger partial charge in [-0.15, -0.1) is 0 Å². The monoisotopic (exact) mass is 326 g/mol. The lowest BCUT2D eigenvalue weighted by molar-refractivity contribution is -0.118. The van der Waals surface area contributed by atoms with Gasteiger partial charge < -0.3 is 4.74 Å². The van der Waals surface area contributed by atoms with E-state index in [1.54, 1.807) is 0 Å². The summed E-state index contributed by atoms with van der Waals surface area (Å²) < 4.78 is 6.58. The van der Waals surface area contributed by atoms with Crippen molar-refractivity contribution in [2.24, 2.45) is 0 Å². The van der Waals surface area contributed by atoms with Gasteiger partial charge in [0.25, 0.3) is 5.91 Å². The van der Waals surface area contributed by atoms with Crippen molar-refractivity contribution in [2.45, 2.75) is 20.8 Å². The molecule has 3 aromatic rings. The molecule has 0 aliphatic rings. The van der Waals surface area contributed by atoms with Crippen LogP contribution in [-0.2, 0) is 4.79 Å². The minimum absolute atomic E-state index is 0.0308. The first kappa shape index (κ1) is 15.5. The number of amides is 1. The Hall–Kier alpha value is -2.40. The molecule has 0 unspecified atom stereocenters. The summed E-state index contributed by atoms with van der Waals surface area (Å²) in [7, 11) is 0. The van der Waals surface area contributed by atoms with Crippen molar-refractivity contribution < 1.29 is 9.53 Å². The number of fused-ring (bicyclic) bond motifs is 1. The van der Waals surface area contributed by atoms with E-state index in [1.165, 1.54) is 22.5 Å². The largest absolute Gasteiger partial charge is 0.484 e. The Morgan fingerprint density at radius 2 is 1.87 bits per heavy atom. The maximum Gasteiger partial charge on any atom is 0.264 e. The minimum Gasteiger partial charge on any atom is -0.484 e. The second-order valence-corrected chi connectivity index (χ2v) is 6.60. The third-order valence-electron chi connectivity index (χ3n) is 3.46. The first-order valence-corrected chi connectivity index (χ1v) is 8.20. The van der Waals surface area contributed by atoms with Crippen LogP contribution in [0.25, 0.3) is 10.2 Å². The summed E-state index contributed by atoms with van der Waals surface area (Å²) in [5.74, 6) is 0.473. The summed E-state index contributed by atoms with van der Waals surface area (Å²) in [4.78, 5) is 16.5. The Bertz CT molecular complexity index is 853. The zero-order valence-corrected chi connectivity index (χ0v) is 14.2. The van der Waals surface area contributed by atoms with Crippen LogP contribution >= 0.6 is 11.3 Å². The number of aromatic nitrogens is 1. The Labute approximate surface area is 139 Å². The standard InChI is InChI=1S/C18H18N2O2S/c1-11-4-6-14(7-5-11)22-10-16(21)20-18-19-15-9-12(2)8-13(3)17(15)23-18/h4-9H,10H2,1-3H3,(H,19,20,21). The number of aryl methyl sites for hydroxylation is 3. The molecule has 4 nitrogen and oxygen atoms in total. The molecule has 0 atom stereocenters. The van der Waals surface area contributed by atoms with Gasteiger partial charge >= 0.3 is 0 Å². The fraction of sp³-hybridized carbons (Fsp3) is 0.222. The van der Waals surface area contributed by atoms with E-state index in [4.69, 9.17) is 4.74 Å². The van der Waals surface area contributed by atoms with Crippen molar-refractivity contribution in [1.82, 2.24) is 4.98 Å². The van der Waals surface area contributed by atoms with E-state index in [-0.39, 0.29) is 12.5 Å². The molecule has 1 N–H and O–H groups in total. The zero-order chi connectivity index (χ0) is 16.4. The van der Waals surface area contributed by atoms with Crippen LogP contribution in [0.1, 0.15) is 16.7 Å². The van der Waals surface area contributed by atoms with Crippen LogP contribution in [0.15, 0.2) is 36.4 Å². The van der Waals surface area contributed by atoms with E-state index >= 15 is 0 Å². The molecule has 2 aromatic carbocycles. The zero-order valence-electron chi connectivity index (χ0n) is 13.3. The van der Waals surface area contributed by atoms with Gasteiger partial charge in [-0.3, -0.25) is 10.1 Å². The summed E-state index contributed by atoms with van der Waals surface area (Å²) in [5.41, 5.74) is 4.42. The molecule has 0 saturated carbocycles. The van der Waals surface area contributed by atoms with Gasteiger partial charge in [-0.05, 0) is 50.1 Å². The number of rotatable bonds is 4. The molecule has 0 saturated heterocycles. The molecule has 0 radical (unpaired) electrons. The lowest BCUT2D eigenvalue weighted by atomic mass is 10.1. The van der Waals surface area contributed by atoms with Gasteiger partial charge in [0.1, 0.15) is 5.75 Å². The van der Waals surface area contributed by atoms with Crippen molar-refractivity contribution in [1.29, 1.82) is 0 Å². The number of nitrogens with zero attached hydrogens (tertiary/aromatic N) is 1. The fourth-order valence-electron chi connectivity index (χ4n) is 2.37. The number of hydrogen-bond acceptors (Lipinski definition) is 4. The highest BCUT2D eigenvalue weighted by atomic mass is 32.1. The van der Waals surface area contributed by atoms with Crippen molar-refractivity contribution in [3.05, 3.63) is 53.1 Å². The van der Waals surface area contributed by atoms with Crippen LogP contribution in [0.5, 0.6) is 5.75 Å². The van der Waals surface area contributed by atoms with Crippen molar-refractivity contribution >= 4 is 32.6 Å². The van der Waals surface area contributed by atoms with Gasteiger partial charge in [-0.1, -0.05) is 35.1 Å². The normalized spacial score (nSPS) is 10.7. The number of benzene rings is 2. The lowest BCUT2D eigenvalue weighted by Crippen LogP contribution is -2.19. The first-order chi connectivity index (χ1) is 11.0. The molecule has 23 heavy (non-hydrogen) atoms.